The predicted octanol–water partition coefficient (Wildman–Crippen LogP) is 1.41. The summed E-state index contributed by atoms with van der Waals surface area (Å²) in [5.41, 5.74) is 0. The number of aromatic nitrogens is 2. The van der Waals surface area contributed by atoms with E-state index >= 15 is 0 Å². The van der Waals surface area contributed by atoms with Crippen LogP contribution in [0.2, 0.25) is 0 Å². The average Bonchev–Trinajstić information content (AvgIpc) is 2.67. The Balaban J connectivity index is 2.23. The molecule has 0 spiro atoms. The average molecular weight is 230 g/mol. The van der Waals surface area contributed by atoms with Crippen molar-refractivity contribution in [2.75, 3.05) is 5.88 Å². The summed E-state index contributed by atoms with van der Waals surface area (Å²) in [5, 5.41) is 6.96. The highest BCUT2D eigenvalue weighted by Crippen LogP contribution is 1.95. The number of hydrogen-bond acceptors (Lipinski definition) is 2. The van der Waals surface area contributed by atoms with Crippen LogP contribution in [0.4, 0.5) is 0 Å². The first-order valence-corrected chi connectivity index (χ1v) is 5.58. The molecule has 1 atom stereocenters. The molecule has 1 aromatic heterocycles. The number of carbonyl (C=O) groups excluding carboxylic acids is 1. The number of nitrogens with zero attached hydrogens (tertiary/aromatic N) is 2. The molecule has 84 valence electrons. The summed E-state index contributed by atoms with van der Waals surface area (Å²) in [5.74, 6) is 0.580. The first kappa shape index (κ1) is 12.0. The van der Waals surface area contributed by atoms with Crippen molar-refractivity contribution in [3.05, 3.63) is 18.5 Å². The molecular formula is C10H16ClN3O. The van der Waals surface area contributed by atoms with Gasteiger partial charge in [0, 0.05) is 30.7 Å². The number of rotatable bonds is 6. The molecule has 1 unspecified atom stereocenters. The Hall–Kier alpha value is -1.03. The summed E-state index contributed by atoms with van der Waals surface area (Å²) in [6, 6.07) is 1.95. The topological polar surface area (TPSA) is 46.9 Å². The summed E-state index contributed by atoms with van der Waals surface area (Å²) < 4.78 is 1.80. The van der Waals surface area contributed by atoms with Gasteiger partial charge in [0.15, 0.2) is 0 Å². The fourth-order valence-electron chi connectivity index (χ4n) is 1.31. The van der Waals surface area contributed by atoms with Gasteiger partial charge in [-0.05, 0) is 19.4 Å². The number of halogens is 1. The Kier molecular flexibility index (Phi) is 5.18. The minimum atomic E-state index is 0.0512. The maximum absolute atomic E-state index is 11.3. The second kappa shape index (κ2) is 6.45. The van der Waals surface area contributed by atoms with Gasteiger partial charge in [-0.1, -0.05) is 0 Å². The van der Waals surface area contributed by atoms with Crippen molar-refractivity contribution >= 4 is 17.5 Å². The van der Waals surface area contributed by atoms with Gasteiger partial charge < -0.3 is 5.32 Å². The minimum absolute atomic E-state index is 0.0512. The van der Waals surface area contributed by atoms with Gasteiger partial charge in [0.25, 0.3) is 0 Å². The highest BCUT2D eigenvalue weighted by molar-refractivity contribution is 6.17. The van der Waals surface area contributed by atoms with Crippen LogP contribution in [0.15, 0.2) is 18.5 Å². The molecule has 1 heterocycles. The maximum atomic E-state index is 11.3. The molecule has 0 aliphatic heterocycles. The van der Waals surface area contributed by atoms with Crippen LogP contribution in [-0.2, 0) is 11.3 Å². The van der Waals surface area contributed by atoms with Gasteiger partial charge in [0.2, 0.25) is 5.91 Å². The van der Waals surface area contributed by atoms with Crippen LogP contribution in [0.25, 0.3) is 0 Å². The zero-order chi connectivity index (χ0) is 11.1. The van der Waals surface area contributed by atoms with Crippen LogP contribution >= 0.6 is 11.6 Å². The maximum Gasteiger partial charge on any atom is 0.220 e. The van der Waals surface area contributed by atoms with Gasteiger partial charge >= 0.3 is 0 Å². The first-order chi connectivity index (χ1) is 7.22. The molecule has 1 aromatic rings. The lowest BCUT2D eigenvalue weighted by Gasteiger charge is -2.13. The van der Waals surface area contributed by atoms with E-state index in [0.29, 0.717) is 18.8 Å². The molecule has 0 saturated carbocycles. The lowest BCUT2D eigenvalue weighted by molar-refractivity contribution is -0.121. The summed E-state index contributed by atoms with van der Waals surface area (Å²) in [6.07, 6.45) is 4.82. The second-order valence-corrected chi connectivity index (χ2v) is 3.87. The van der Waals surface area contributed by atoms with Crippen molar-refractivity contribution in [2.45, 2.75) is 32.4 Å². The van der Waals surface area contributed by atoms with Crippen LogP contribution < -0.4 is 5.32 Å². The van der Waals surface area contributed by atoms with Crippen molar-refractivity contribution in [1.29, 1.82) is 0 Å². The molecule has 4 nitrogen and oxygen atoms in total. The third-order valence-corrected chi connectivity index (χ3v) is 2.23. The van der Waals surface area contributed by atoms with Gasteiger partial charge in [-0.15, -0.1) is 11.6 Å². The fraction of sp³-hybridized carbons (Fsp3) is 0.600. The molecule has 1 N–H and O–H groups in total. The van der Waals surface area contributed by atoms with Crippen LogP contribution in [-0.4, -0.2) is 27.6 Å². The Labute approximate surface area is 94.6 Å². The van der Waals surface area contributed by atoms with E-state index in [0.717, 1.165) is 6.42 Å². The third-order valence-electron chi connectivity index (χ3n) is 1.96. The predicted molar refractivity (Wildman–Crippen MR) is 59.8 cm³/mol. The summed E-state index contributed by atoms with van der Waals surface area (Å²) >= 11 is 5.50. The van der Waals surface area contributed by atoms with E-state index in [2.05, 4.69) is 10.4 Å². The number of nitrogens with one attached hydrogen (secondary N) is 1. The van der Waals surface area contributed by atoms with Gasteiger partial charge in [0.1, 0.15) is 0 Å². The van der Waals surface area contributed by atoms with E-state index in [-0.39, 0.29) is 11.9 Å². The van der Waals surface area contributed by atoms with E-state index < -0.39 is 0 Å². The van der Waals surface area contributed by atoms with Crippen LogP contribution in [0.3, 0.4) is 0 Å². The minimum Gasteiger partial charge on any atom is -0.352 e. The highest BCUT2D eigenvalue weighted by Gasteiger charge is 2.07. The van der Waals surface area contributed by atoms with E-state index in [1.54, 1.807) is 10.9 Å². The molecule has 0 bridgehead atoms. The lowest BCUT2D eigenvalue weighted by atomic mass is 10.3. The molecule has 0 radical (unpaired) electrons. The molecule has 1 rings (SSSR count). The monoisotopic (exact) mass is 229 g/mol. The number of carbonyl (C=O) groups is 1. The molecule has 0 fully saturated rings. The largest absolute Gasteiger partial charge is 0.352 e. The summed E-state index contributed by atoms with van der Waals surface area (Å²) in [7, 11) is 0. The Bertz CT molecular complexity index is 287. The summed E-state index contributed by atoms with van der Waals surface area (Å²) in [6.45, 7) is 2.65. The highest BCUT2D eigenvalue weighted by atomic mass is 35.5. The second-order valence-electron chi connectivity index (χ2n) is 3.49. The van der Waals surface area contributed by atoms with Crippen LogP contribution in [0.1, 0.15) is 19.8 Å². The molecule has 0 saturated heterocycles. The van der Waals surface area contributed by atoms with Crippen LogP contribution in [0, 0.1) is 0 Å². The molecule has 5 heteroatoms. The summed E-state index contributed by atoms with van der Waals surface area (Å²) in [4.78, 5) is 11.3. The van der Waals surface area contributed by atoms with E-state index in [1.807, 2.05) is 19.2 Å². The fourth-order valence-corrected chi connectivity index (χ4v) is 1.44. The first-order valence-electron chi connectivity index (χ1n) is 5.05. The third kappa shape index (κ3) is 4.83. The zero-order valence-corrected chi connectivity index (χ0v) is 9.57. The zero-order valence-electron chi connectivity index (χ0n) is 8.82. The quantitative estimate of drug-likeness (QED) is 0.750. The van der Waals surface area contributed by atoms with Crippen molar-refractivity contribution < 1.29 is 4.79 Å². The Morgan fingerprint density at radius 3 is 3.07 bits per heavy atom. The molecule has 1 amide bonds. The van der Waals surface area contributed by atoms with Crippen molar-refractivity contribution in [3.8, 4) is 0 Å². The Morgan fingerprint density at radius 1 is 1.67 bits per heavy atom. The van der Waals surface area contributed by atoms with Crippen LogP contribution in [0.5, 0.6) is 0 Å². The number of amides is 1. The Morgan fingerprint density at radius 2 is 2.47 bits per heavy atom. The smallest absolute Gasteiger partial charge is 0.220 e. The molecule has 0 aliphatic rings. The SMILES string of the molecule is CC(Cn1cccn1)NC(=O)CCCCl. The molecule has 0 aromatic carbocycles. The van der Waals surface area contributed by atoms with Gasteiger partial charge in [-0.3, -0.25) is 9.48 Å². The normalized spacial score (nSPS) is 12.4. The van der Waals surface area contributed by atoms with Crippen molar-refractivity contribution in [1.82, 2.24) is 15.1 Å². The van der Waals surface area contributed by atoms with Gasteiger partial charge in [-0.2, -0.15) is 5.10 Å². The lowest BCUT2D eigenvalue weighted by Crippen LogP contribution is -2.35. The molecule has 0 aliphatic carbocycles. The van der Waals surface area contributed by atoms with Crippen molar-refractivity contribution in [3.63, 3.8) is 0 Å². The van der Waals surface area contributed by atoms with Crippen molar-refractivity contribution in [2.24, 2.45) is 0 Å². The number of alkyl halides is 1. The standard InChI is InChI=1S/C10H16ClN3O/c1-9(8-14-7-3-6-12-14)13-10(15)4-2-5-11/h3,6-7,9H,2,4-5,8H2,1H3,(H,13,15). The number of hydrogen-bond donors (Lipinski definition) is 1. The van der Waals surface area contributed by atoms with Gasteiger partial charge in [-0.25, -0.2) is 0 Å². The van der Waals surface area contributed by atoms with E-state index in [9.17, 15) is 4.79 Å². The molecule has 15 heavy (non-hydrogen) atoms. The van der Waals surface area contributed by atoms with E-state index in [4.69, 9.17) is 11.6 Å². The van der Waals surface area contributed by atoms with E-state index in [1.165, 1.54) is 0 Å². The van der Waals surface area contributed by atoms with Gasteiger partial charge in [0.05, 0.1) is 6.54 Å². The molecular weight excluding hydrogens is 214 g/mol.